The summed E-state index contributed by atoms with van der Waals surface area (Å²) in [4.78, 5) is 13.0. The molecule has 0 spiro atoms. The normalized spacial score (nSPS) is 11.6. The van der Waals surface area contributed by atoms with E-state index in [1.165, 1.54) is 18.2 Å². The van der Waals surface area contributed by atoms with E-state index < -0.39 is 23.1 Å². The van der Waals surface area contributed by atoms with Crippen molar-refractivity contribution in [3.05, 3.63) is 98.9 Å². The molecule has 0 aliphatic carbocycles. The number of rotatable bonds is 5. The Hall–Kier alpha value is -3.74. The van der Waals surface area contributed by atoms with Crippen molar-refractivity contribution in [1.29, 1.82) is 0 Å². The lowest BCUT2D eigenvalue weighted by atomic mass is 10.1. The van der Waals surface area contributed by atoms with Crippen molar-refractivity contribution < 1.29 is 27.1 Å². The van der Waals surface area contributed by atoms with Crippen LogP contribution in [0.25, 0.3) is 11.0 Å². The van der Waals surface area contributed by atoms with Crippen LogP contribution in [-0.2, 0) is 12.8 Å². The van der Waals surface area contributed by atoms with Crippen LogP contribution < -0.4 is 14.9 Å². The van der Waals surface area contributed by atoms with Gasteiger partial charge in [-0.2, -0.15) is 13.2 Å². The largest absolute Gasteiger partial charge is 0.489 e. The molecular formula is C26H21F3O4. The second-order valence-corrected chi connectivity index (χ2v) is 7.95. The number of aryl methyl sites for hydroxylation is 3. The van der Waals surface area contributed by atoms with Crippen LogP contribution in [0.5, 0.6) is 17.2 Å². The standard InChI is InChI=1S/C26H21F3O4/c1-15-5-4-6-18(10-15)14-31-19-7-8-21-22(13-19)33-25(26(27,28)29)24(23(21)30)32-20-11-16(2)9-17(3)12-20/h4-13H,14H2,1-3H3. The van der Waals surface area contributed by atoms with Crippen LogP contribution >= 0.6 is 0 Å². The zero-order chi connectivity index (χ0) is 23.8. The highest BCUT2D eigenvalue weighted by Gasteiger charge is 2.40. The summed E-state index contributed by atoms with van der Waals surface area (Å²) in [6, 6.07) is 16.8. The van der Waals surface area contributed by atoms with Crippen molar-refractivity contribution in [2.24, 2.45) is 0 Å². The highest BCUT2D eigenvalue weighted by Crippen LogP contribution is 2.39. The van der Waals surface area contributed by atoms with Gasteiger partial charge in [-0.15, -0.1) is 0 Å². The quantitative estimate of drug-likeness (QED) is 0.322. The van der Waals surface area contributed by atoms with Crippen LogP contribution in [0, 0.1) is 20.8 Å². The predicted octanol–water partition coefficient (Wildman–Crippen LogP) is 7.11. The molecule has 0 unspecified atom stereocenters. The molecule has 0 bridgehead atoms. The molecule has 0 atom stereocenters. The van der Waals surface area contributed by atoms with Crippen LogP contribution in [0.1, 0.15) is 28.0 Å². The van der Waals surface area contributed by atoms with Crippen LogP contribution in [0.15, 0.2) is 69.9 Å². The Morgan fingerprint density at radius 3 is 2.24 bits per heavy atom. The molecule has 0 amide bonds. The molecule has 0 radical (unpaired) electrons. The fourth-order valence-corrected chi connectivity index (χ4v) is 3.60. The molecule has 0 saturated carbocycles. The van der Waals surface area contributed by atoms with Gasteiger partial charge in [-0.1, -0.05) is 35.9 Å². The first kappa shape index (κ1) is 22.5. The number of hydrogen-bond donors (Lipinski definition) is 0. The topological polar surface area (TPSA) is 48.7 Å². The average Bonchev–Trinajstić information content (AvgIpc) is 2.72. The lowest BCUT2D eigenvalue weighted by molar-refractivity contribution is -0.154. The van der Waals surface area contributed by atoms with Gasteiger partial charge in [-0.05, 0) is 61.7 Å². The van der Waals surface area contributed by atoms with Crippen LogP contribution in [0.3, 0.4) is 0 Å². The molecule has 0 saturated heterocycles. The first-order chi connectivity index (χ1) is 15.6. The third-order valence-corrected chi connectivity index (χ3v) is 4.98. The third-order valence-electron chi connectivity index (χ3n) is 4.98. The summed E-state index contributed by atoms with van der Waals surface area (Å²) in [6.07, 6.45) is -4.93. The second-order valence-electron chi connectivity index (χ2n) is 7.95. The molecule has 33 heavy (non-hydrogen) atoms. The van der Waals surface area contributed by atoms with E-state index in [1.807, 2.05) is 37.3 Å². The zero-order valence-corrected chi connectivity index (χ0v) is 18.2. The molecule has 4 rings (SSSR count). The van der Waals surface area contributed by atoms with Gasteiger partial charge in [0.15, 0.2) is 0 Å². The molecule has 0 N–H and O–H groups in total. The zero-order valence-electron chi connectivity index (χ0n) is 18.2. The van der Waals surface area contributed by atoms with E-state index in [0.29, 0.717) is 0 Å². The van der Waals surface area contributed by atoms with E-state index in [9.17, 15) is 18.0 Å². The molecule has 1 heterocycles. The molecule has 7 heteroatoms. The lowest BCUT2D eigenvalue weighted by Gasteiger charge is -2.14. The van der Waals surface area contributed by atoms with Gasteiger partial charge in [-0.25, -0.2) is 0 Å². The Kier molecular flexibility index (Phi) is 5.89. The Bertz CT molecular complexity index is 1370. The number of ether oxygens (including phenoxy) is 2. The molecule has 0 aliphatic rings. The molecule has 0 fully saturated rings. The van der Waals surface area contributed by atoms with Crippen LogP contribution in [0.2, 0.25) is 0 Å². The number of hydrogen-bond acceptors (Lipinski definition) is 4. The Labute approximate surface area is 188 Å². The van der Waals surface area contributed by atoms with Crippen molar-refractivity contribution in [3.8, 4) is 17.2 Å². The van der Waals surface area contributed by atoms with Crippen molar-refractivity contribution in [2.45, 2.75) is 33.6 Å². The van der Waals surface area contributed by atoms with Gasteiger partial charge in [0.25, 0.3) is 5.76 Å². The molecule has 4 nitrogen and oxygen atoms in total. The first-order valence-electron chi connectivity index (χ1n) is 10.2. The third kappa shape index (κ3) is 5.03. The molecule has 0 aliphatic heterocycles. The Balaban J connectivity index is 1.74. The molecule has 170 valence electrons. The maximum absolute atomic E-state index is 13.8. The van der Waals surface area contributed by atoms with Crippen LogP contribution in [0.4, 0.5) is 13.2 Å². The summed E-state index contributed by atoms with van der Waals surface area (Å²) in [5, 5.41) is -0.0368. The summed E-state index contributed by atoms with van der Waals surface area (Å²) in [5.74, 6) is -1.98. The van der Waals surface area contributed by atoms with Gasteiger partial charge in [0.1, 0.15) is 23.7 Å². The molecular weight excluding hydrogens is 433 g/mol. The Morgan fingerprint density at radius 2 is 1.58 bits per heavy atom. The predicted molar refractivity (Wildman–Crippen MR) is 119 cm³/mol. The lowest BCUT2D eigenvalue weighted by Crippen LogP contribution is -2.15. The van der Waals surface area contributed by atoms with E-state index in [0.717, 1.165) is 22.3 Å². The van der Waals surface area contributed by atoms with Crippen molar-refractivity contribution >= 4 is 11.0 Å². The van der Waals surface area contributed by atoms with Gasteiger partial charge < -0.3 is 13.9 Å². The van der Waals surface area contributed by atoms with E-state index in [-0.39, 0.29) is 29.1 Å². The number of halogens is 3. The molecule has 1 aromatic heterocycles. The highest BCUT2D eigenvalue weighted by molar-refractivity contribution is 5.79. The number of alkyl halides is 3. The fraction of sp³-hybridized carbons (Fsp3) is 0.192. The number of fused-ring (bicyclic) bond motifs is 1. The van der Waals surface area contributed by atoms with Crippen molar-refractivity contribution in [1.82, 2.24) is 0 Å². The monoisotopic (exact) mass is 454 g/mol. The fourth-order valence-electron chi connectivity index (χ4n) is 3.60. The first-order valence-corrected chi connectivity index (χ1v) is 10.2. The molecule has 4 aromatic rings. The van der Waals surface area contributed by atoms with Gasteiger partial charge in [0, 0.05) is 6.07 Å². The van der Waals surface area contributed by atoms with Gasteiger partial charge in [0.05, 0.1) is 5.39 Å². The molecule has 3 aromatic carbocycles. The summed E-state index contributed by atoms with van der Waals surface area (Å²) in [7, 11) is 0. The highest BCUT2D eigenvalue weighted by atomic mass is 19.4. The average molecular weight is 454 g/mol. The minimum absolute atomic E-state index is 0.0368. The minimum atomic E-state index is -4.93. The van der Waals surface area contributed by atoms with Gasteiger partial charge in [-0.3, -0.25) is 4.79 Å². The van der Waals surface area contributed by atoms with E-state index >= 15 is 0 Å². The van der Waals surface area contributed by atoms with Crippen molar-refractivity contribution in [2.75, 3.05) is 0 Å². The van der Waals surface area contributed by atoms with Gasteiger partial charge in [0.2, 0.25) is 11.2 Å². The van der Waals surface area contributed by atoms with Crippen molar-refractivity contribution in [3.63, 3.8) is 0 Å². The van der Waals surface area contributed by atoms with E-state index in [4.69, 9.17) is 13.9 Å². The smallest absolute Gasteiger partial charge is 0.453 e. The second kappa shape index (κ2) is 8.65. The maximum atomic E-state index is 13.8. The minimum Gasteiger partial charge on any atom is -0.489 e. The summed E-state index contributed by atoms with van der Waals surface area (Å²) in [6.45, 7) is 5.74. The number of benzene rings is 3. The summed E-state index contributed by atoms with van der Waals surface area (Å²) < 4.78 is 57.6. The maximum Gasteiger partial charge on any atom is 0.453 e. The summed E-state index contributed by atoms with van der Waals surface area (Å²) in [5.41, 5.74) is 2.41. The SMILES string of the molecule is Cc1cccc(COc2ccc3c(=O)c(Oc4cc(C)cc(C)c4)c(C(F)(F)F)oc3c2)c1. The Morgan fingerprint density at radius 1 is 0.848 bits per heavy atom. The van der Waals surface area contributed by atoms with E-state index in [1.54, 1.807) is 26.0 Å². The summed E-state index contributed by atoms with van der Waals surface area (Å²) >= 11 is 0. The van der Waals surface area contributed by atoms with Gasteiger partial charge >= 0.3 is 6.18 Å². The van der Waals surface area contributed by atoms with E-state index in [2.05, 4.69) is 0 Å². The van der Waals surface area contributed by atoms with Crippen LogP contribution in [-0.4, -0.2) is 0 Å².